The molecule has 2 aromatic carbocycles. The van der Waals surface area contributed by atoms with Crippen molar-refractivity contribution in [2.45, 2.75) is 26.7 Å². The van der Waals surface area contributed by atoms with Gasteiger partial charge in [-0.1, -0.05) is 32.0 Å². The molecular formula is C20H24N2O3. The molecule has 2 rings (SSSR count). The first-order valence-electron chi connectivity index (χ1n) is 8.40. The average Bonchev–Trinajstić information content (AvgIpc) is 2.57. The number of hydrogen-bond acceptors (Lipinski definition) is 3. The summed E-state index contributed by atoms with van der Waals surface area (Å²) in [5, 5.41) is 5.64. The predicted octanol–water partition coefficient (Wildman–Crippen LogP) is 4.08. The Morgan fingerprint density at radius 2 is 1.44 bits per heavy atom. The van der Waals surface area contributed by atoms with E-state index in [1.54, 1.807) is 24.3 Å². The first-order valence-corrected chi connectivity index (χ1v) is 8.40. The van der Waals surface area contributed by atoms with Gasteiger partial charge in [0.25, 0.3) is 0 Å². The quantitative estimate of drug-likeness (QED) is 0.761. The maximum Gasteiger partial charge on any atom is 0.227 e. The van der Waals surface area contributed by atoms with Gasteiger partial charge in [-0.2, -0.15) is 0 Å². The van der Waals surface area contributed by atoms with Crippen molar-refractivity contribution in [3.8, 4) is 5.75 Å². The number of anilines is 2. The lowest BCUT2D eigenvalue weighted by molar-refractivity contribution is -0.117. The number of hydrogen-bond donors (Lipinski definition) is 2. The summed E-state index contributed by atoms with van der Waals surface area (Å²) in [7, 11) is 0. The summed E-state index contributed by atoms with van der Waals surface area (Å²) in [6.45, 7) is 4.32. The van der Waals surface area contributed by atoms with Gasteiger partial charge in [-0.3, -0.25) is 9.59 Å². The highest BCUT2D eigenvalue weighted by molar-refractivity contribution is 5.93. The highest BCUT2D eigenvalue weighted by Gasteiger charge is 2.06. The topological polar surface area (TPSA) is 67.4 Å². The molecule has 0 unspecified atom stereocenters. The first-order chi connectivity index (χ1) is 12.0. The number of nitrogens with one attached hydrogen (secondary N) is 2. The van der Waals surface area contributed by atoms with Crippen LogP contribution in [0.2, 0.25) is 0 Å². The normalized spacial score (nSPS) is 10.4. The summed E-state index contributed by atoms with van der Waals surface area (Å²) in [5.41, 5.74) is 1.41. The van der Waals surface area contributed by atoms with Crippen molar-refractivity contribution in [1.29, 1.82) is 0 Å². The number of para-hydroxylation sites is 1. The highest BCUT2D eigenvalue weighted by atomic mass is 16.5. The van der Waals surface area contributed by atoms with Crippen LogP contribution in [0.25, 0.3) is 0 Å². The molecule has 0 saturated carbocycles. The van der Waals surface area contributed by atoms with Crippen molar-refractivity contribution in [3.63, 3.8) is 0 Å². The van der Waals surface area contributed by atoms with Crippen LogP contribution < -0.4 is 15.4 Å². The Morgan fingerprint density at radius 1 is 0.880 bits per heavy atom. The minimum absolute atomic E-state index is 0.00940. The first kappa shape index (κ1) is 18.5. The van der Waals surface area contributed by atoms with Gasteiger partial charge in [0.15, 0.2) is 0 Å². The van der Waals surface area contributed by atoms with Crippen LogP contribution in [-0.4, -0.2) is 18.4 Å². The van der Waals surface area contributed by atoms with Crippen LogP contribution in [0.3, 0.4) is 0 Å². The molecule has 5 heteroatoms. The van der Waals surface area contributed by atoms with E-state index in [-0.39, 0.29) is 18.2 Å². The second-order valence-corrected chi connectivity index (χ2v) is 6.18. The third-order valence-corrected chi connectivity index (χ3v) is 3.39. The van der Waals surface area contributed by atoms with Gasteiger partial charge in [0.05, 0.1) is 13.0 Å². The van der Waals surface area contributed by atoms with Gasteiger partial charge in [-0.05, 0) is 42.3 Å². The molecule has 0 aliphatic rings. The summed E-state index contributed by atoms with van der Waals surface area (Å²) < 4.78 is 5.50. The highest BCUT2D eigenvalue weighted by Crippen LogP contribution is 2.15. The largest absolute Gasteiger partial charge is 0.493 e. The zero-order valence-electron chi connectivity index (χ0n) is 14.6. The maximum absolute atomic E-state index is 11.9. The van der Waals surface area contributed by atoms with E-state index in [2.05, 4.69) is 10.6 Å². The number of ether oxygens (including phenoxy) is 1. The number of carbonyl (C=O) groups excluding carboxylic acids is 2. The summed E-state index contributed by atoms with van der Waals surface area (Å²) in [6, 6.07) is 16.5. The zero-order valence-corrected chi connectivity index (χ0v) is 14.6. The monoisotopic (exact) mass is 340 g/mol. The van der Waals surface area contributed by atoms with E-state index in [0.717, 1.165) is 11.4 Å². The van der Waals surface area contributed by atoms with Gasteiger partial charge in [-0.15, -0.1) is 0 Å². The van der Waals surface area contributed by atoms with E-state index in [0.29, 0.717) is 24.6 Å². The molecule has 0 atom stereocenters. The van der Waals surface area contributed by atoms with Gasteiger partial charge in [0, 0.05) is 17.8 Å². The molecule has 0 radical (unpaired) electrons. The van der Waals surface area contributed by atoms with Gasteiger partial charge >= 0.3 is 0 Å². The molecule has 25 heavy (non-hydrogen) atoms. The summed E-state index contributed by atoms with van der Waals surface area (Å²) in [6.07, 6.45) is 0.752. The molecule has 0 saturated heterocycles. The molecule has 132 valence electrons. The molecule has 2 amide bonds. The molecule has 0 spiro atoms. The summed E-state index contributed by atoms with van der Waals surface area (Å²) in [5.74, 6) is 0.936. The SMILES string of the molecule is CC(C)CC(=O)Nc1ccc(NC(=O)CCOc2ccccc2)cc1. The lowest BCUT2D eigenvalue weighted by Gasteiger charge is -2.09. The maximum atomic E-state index is 11.9. The Morgan fingerprint density at radius 3 is 2.00 bits per heavy atom. The van der Waals surface area contributed by atoms with Crippen LogP contribution in [0.15, 0.2) is 54.6 Å². The number of rotatable bonds is 8. The van der Waals surface area contributed by atoms with Crippen molar-refractivity contribution in [1.82, 2.24) is 0 Å². The van der Waals surface area contributed by atoms with Crippen molar-refractivity contribution in [2.75, 3.05) is 17.2 Å². The zero-order chi connectivity index (χ0) is 18.1. The molecule has 2 aromatic rings. The van der Waals surface area contributed by atoms with Crippen LogP contribution in [0, 0.1) is 5.92 Å². The Hall–Kier alpha value is -2.82. The Bertz CT molecular complexity index is 682. The van der Waals surface area contributed by atoms with Crippen LogP contribution >= 0.6 is 0 Å². The van der Waals surface area contributed by atoms with Crippen molar-refractivity contribution < 1.29 is 14.3 Å². The van der Waals surface area contributed by atoms with Crippen LogP contribution in [0.1, 0.15) is 26.7 Å². The minimum Gasteiger partial charge on any atom is -0.493 e. The van der Waals surface area contributed by atoms with Gasteiger partial charge in [-0.25, -0.2) is 0 Å². The summed E-state index contributed by atoms with van der Waals surface area (Å²) in [4.78, 5) is 23.7. The lowest BCUT2D eigenvalue weighted by Crippen LogP contribution is -2.15. The van der Waals surface area contributed by atoms with Gasteiger partial charge in [0.1, 0.15) is 5.75 Å². The number of benzene rings is 2. The molecule has 0 aliphatic heterocycles. The van der Waals surface area contributed by atoms with Crippen molar-refractivity contribution >= 4 is 23.2 Å². The van der Waals surface area contributed by atoms with Crippen molar-refractivity contribution in [3.05, 3.63) is 54.6 Å². The van der Waals surface area contributed by atoms with Crippen LogP contribution in [0.5, 0.6) is 5.75 Å². The average molecular weight is 340 g/mol. The van der Waals surface area contributed by atoms with Gasteiger partial charge in [0.2, 0.25) is 11.8 Å². The second kappa shape index (κ2) is 9.47. The molecule has 2 N–H and O–H groups in total. The third-order valence-electron chi connectivity index (χ3n) is 3.39. The van der Waals surface area contributed by atoms with E-state index >= 15 is 0 Å². The predicted molar refractivity (Wildman–Crippen MR) is 99.7 cm³/mol. The Kier molecular flexibility index (Phi) is 7.01. The van der Waals surface area contributed by atoms with E-state index < -0.39 is 0 Å². The molecular weight excluding hydrogens is 316 g/mol. The van der Waals surface area contributed by atoms with Gasteiger partial charge < -0.3 is 15.4 Å². The molecule has 0 fully saturated rings. The van der Waals surface area contributed by atoms with E-state index in [1.165, 1.54) is 0 Å². The fourth-order valence-electron chi connectivity index (χ4n) is 2.22. The molecule has 5 nitrogen and oxygen atoms in total. The fraction of sp³-hybridized carbons (Fsp3) is 0.300. The lowest BCUT2D eigenvalue weighted by atomic mass is 10.1. The molecule has 0 heterocycles. The van der Waals surface area contributed by atoms with E-state index in [1.807, 2.05) is 44.2 Å². The number of amides is 2. The molecule has 0 bridgehead atoms. The Balaban J connectivity index is 1.74. The van der Waals surface area contributed by atoms with Crippen molar-refractivity contribution in [2.24, 2.45) is 5.92 Å². The summed E-state index contributed by atoms with van der Waals surface area (Å²) >= 11 is 0. The second-order valence-electron chi connectivity index (χ2n) is 6.18. The smallest absolute Gasteiger partial charge is 0.227 e. The Labute approximate surface area is 148 Å². The minimum atomic E-state index is -0.118. The molecule has 0 aromatic heterocycles. The number of carbonyl (C=O) groups is 2. The van der Waals surface area contributed by atoms with E-state index in [9.17, 15) is 9.59 Å². The van der Waals surface area contributed by atoms with Crippen LogP contribution in [0.4, 0.5) is 11.4 Å². The van der Waals surface area contributed by atoms with E-state index in [4.69, 9.17) is 4.74 Å². The third kappa shape index (κ3) is 7.08. The van der Waals surface area contributed by atoms with Crippen LogP contribution in [-0.2, 0) is 9.59 Å². The standard InChI is InChI=1S/C20H24N2O3/c1-15(2)14-20(24)22-17-10-8-16(9-11-17)21-19(23)12-13-25-18-6-4-3-5-7-18/h3-11,15H,12-14H2,1-2H3,(H,21,23)(H,22,24). The fourth-order valence-corrected chi connectivity index (χ4v) is 2.22. The molecule has 0 aliphatic carbocycles.